The van der Waals surface area contributed by atoms with Crippen LogP contribution in [0.1, 0.15) is 132 Å². The van der Waals surface area contributed by atoms with Gasteiger partial charge in [-0.15, -0.1) is 23.5 Å². The number of aryl methyl sites for hydroxylation is 2. The van der Waals surface area contributed by atoms with Crippen LogP contribution in [0.2, 0.25) is 0 Å². The molecule has 37 nitrogen and oxygen atoms in total. The number of carboxylic acids is 3. The maximum Gasteiger partial charge on any atom is 0.367 e. The number of hydrogen-bond donors (Lipinski definition) is 13. The number of esters is 1. The Kier molecular flexibility index (Phi) is 57.9. The molecule has 1 unspecified atom stereocenters. The van der Waals surface area contributed by atoms with Crippen LogP contribution in [0.3, 0.4) is 0 Å². The first-order valence-electron chi connectivity index (χ1n) is 43.1. The smallest absolute Gasteiger partial charge is 0.367 e. The van der Waals surface area contributed by atoms with Crippen LogP contribution in [0.5, 0.6) is 5.75 Å². The number of hydrogen-bond acceptors (Lipinski definition) is 32. The number of piperazine rings is 1. The van der Waals surface area contributed by atoms with Gasteiger partial charge in [-0.05, 0) is 75.2 Å². The maximum absolute atomic E-state index is 12.3. The highest BCUT2D eigenvalue weighted by Gasteiger charge is 2.36. The van der Waals surface area contributed by atoms with Crippen molar-refractivity contribution in [1.82, 2.24) is 47.4 Å². The van der Waals surface area contributed by atoms with Gasteiger partial charge in [-0.3, -0.25) is 71.9 Å². The number of aliphatic carboxylic acids is 3. The Bertz CT molecular complexity index is 5340. The molecule has 764 valence electrons. The minimum absolute atomic E-state index is 0.000530. The number of ether oxygens (including phenoxy) is 3. The monoisotopic (exact) mass is 2110 g/mol. The molecule has 7 aromatic rings. The van der Waals surface area contributed by atoms with Crippen LogP contribution < -0.4 is 58.7 Å². The normalized spacial score (nSPS) is 13.8. The standard InChI is InChI=1S/C19H18N2O3S.C14H20N2O2S.C13H16N2O3S.2C13H15NO5S.C13H15NO4S.C12H18N2O4S2/c22-17-11-20-18(23)16(21(17)12-14-7-3-1-4-8-14)13-25-19(24)15-9-5-2-6-10-15;1-10(17)16-12(13(15)18)9-19-14(2,3)11-7-5-4-6-8-11;1-8-3-5-10(6-4-8)13(18)19-7-11(12(14)17)15-9(2)16;1-8(15)14-10(12(16)17)7-20-13(18)9-5-3-4-6-11(9)19-2;1-9(15)14-11(12(16)17)8-20-13(18)19-7-10-5-3-2-4-6-10;1-8-3-5-10(6-4-8)13(18)19-7-11(12(16)17)14-9(2)15;1-4-18-11(16)9(13-7(2)15)5-20-12(17)10-6-19-8(3)14-10/h1-10,16H,11-13H2,(H,20,23);4-8,12H,9H2,1-3H3,(H2,15,18)(H,16,17);3-6,11H,7H2,1-2H3,(H2,14,17)(H,15,16);3-6,10H,7H2,1-2H3,(H,14,15)(H,16,17);2-6,11H,7-8H2,1H3,(H,14,15)(H,16,17);3-6,11H,7H2,1-2H3,(H,14,15)(H,16,17);9-10,14H,3-6H2,1-2H3,(H,13,15)/t16-;12-;11-;10-;2*11-;9-,10?/m0000000/s1. The number of carbonyl (C=O) groups excluding carboxylic acids is 17. The van der Waals surface area contributed by atoms with Crippen molar-refractivity contribution >= 4 is 208 Å². The summed E-state index contributed by atoms with van der Waals surface area (Å²) in [6.45, 7) is 21.8. The lowest BCUT2D eigenvalue weighted by Crippen LogP contribution is -2.59. The van der Waals surface area contributed by atoms with Gasteiger partial charge in [0.1, 0.15) is 60.7 Å². The molecule has 2 saturated heterocycles. The molecule has 0 aromatic heterocycles. The second-order valence-electron chi connectivity index (χ2n) is 30.6. The van der Waals surface area contributed by atoms with E-state index in [4.69, 9.17) is 41.0 Å². The van der Waals surface area contributed by atoms with Crippen LogP contribution in [-0.4, -0.2) is 249 Å². The number of methoxy groups -OCH3 is 1. The molecular weight excluding hydrogens is 1990 g/mol. The molecule has 2 aliphatic rings. The Labute approximate surface area is 856 Å². The van der Waals surface area contributed by atoms with E-state index in [9.17, 15) is 95.9 Å². The second kappa shape index (κ2) is 66.7. The van der Waals surface area contributed by atoms with Gasteiger partial charge < -0.3 is 88.4 Å². The van der Waals surface area contributed by atoms with Crippen molar-refractivity contribution < 1.29 is 125 Å². The minimum Gasteiger partial charge on any atom is -0.496 e. The second-order valence-corrected chi connectivity index (χ2v) is 39.3. The number of nitrogens with zero attached hydrogens (tertiary/aromatic N) is 1. The Hall–Kier alpha value is -12.9. The van der Waals surface area contributed by atoms with E-state index >= 15 is 0 Å². The number of para-hydroxylation sites is 1. The Morgan fingerprint density at radius 2 is 0.852 bits per heavy atom. The lowest BCUT2D eigenvalue weighted by Gasteiger charge is -2.34. The summed E-state index contributed by atoms with van der Waals surface area (Å²) >= 11 is 8.54. The predicted molar refractivity (Wildman–Crippen MR) is 553 cm³/mol. The molecule has 8 atom stereocenters. The van der Waals surface area contributed by atoms with Crippen LogP contribution in [0.4, 0.5) is 4.79 Å². The summed E-state index contributed by atoms with van der Waals surface area (Å²) in [5, 5.41) is 45.9. The molecule has 0 saturated carbocycles. The van der Waals surface area contributed by atoms with Gasteiger partial charge >= 0.3 is 29.2 Å². The fourth-order valence-corrected chi connectivity index (χ4v) is 18.5. The van der Waals surface area contributed by atoms with Crippen molar-refractivity contribution in [2.45, 2.75) is 142 Å². The summed E-state index contributed by atoms with van der Waals surface area (Å²) in [5.41, 5.74) is 17.5. The first-order chi connectivity index (χ1) is 67.1. The van der Waals surface area contributed by atoms with E-state index in [0.717, 1.165) is 97.9 Å². The van der Waals surface area contributed by atoms with Crippen molar-refractivity contribution in [3.05, 3.63) is 256 Å². The fraction of sp³-hybridized carbons (Fsp3) is 0.340. The molecule has 10 amide bonds. The fourth-order valence-electron chi connectivity index (χ4n) is 11.3. The number of benzene rings is 7. The van der Waals surface area contributed by atoms with Crippen LogP contribution in [0.25, 0.3) is 0 Å². The van der Waals surface area contributed by atoms with Gasteiger partial charge in [0.25, 0.3) is 0 Å². The summed E-state index contributed by atoms with van der Waals surface area (Å²) in [7, 11) is 1.45. The molecule has 7 aromatic carbocycles. The van der Waals surface area contributed by atoms with E-state index in [1.165, 1.54) is 66.0 Å². The molecule has 0 spiro atoms. The Balaban J connectivity index is 0.000000427. The zero-order valence-electron chi connectivity index (χ0n) is 79.9. The van der Waals surface area contributed by atoms with E-state index in [1.54, 1.807) is 96.4 Å². The third-order valence-electron chi connectivity index (χ3n) is 18.5. The van der Waals surface area contributed by atoms with Crippen LogP contribution in [0, 0.1) is 13.8 Å². The van der Waals surface area contributed by atoms with E-state index < -0.39 is 101 Å². The molecule has 45 heteroatoms. The van der Waals surface area contributed by atoms with Crippen molar-refractivity contribution in [2.24, 2.45) is 11.5 Å². The molecule has 142 heavy (non-hydrogen) atoms. The molecule has 0 radical (unpaired) electrons. The average molecular weight is 2110 g/mol. The average Bonchev–Trinajstić information content (AvgIpc) is 0.931. The lowest BCUT2D eigenvalue weighted by atomic mass is 10.0. The maximum atomic E-state index is 12.3. The summed E-state index contributed by atoms with van der Waals surface area (Å²) < 4.78 is 14.8. The number of nitrogens with two attached hydrogens (primary N) is 2. The summed E-state index contributed by atoms with van der Waals surface area (Å²) in [6.07, 6.45) is 0. The zero-order chi connectivity index (χ0) is 106. The minimum atomic E-state index is -1.19. The largest absolute Gasteiger partial charge is 0.496 e. The van der Waals surface area contributed by atoms with Gasteiger partial charge in [0.05, 0.1) is 30.9 Å². The number of thioether (sulfide) groups is 8. The Morgan fingerprint density at radius 3 is 1.28 bits per heavy atom. The topological polar surface area (TPSA) is 581 Å². The highest BCUT2D eigenvalue weighted by molar-refractivity contribution is 8.15. The number of carbonyl (C=O) groups is 20. The van der Waals surface area contributed by atoms with Crippen molar-refractivity contribution in [2.75, 3.05) is 66.3 Å². The van der Waals surface area contributed by atoms with E-state index in [2.05, 4.69) is 63.0 Å². The predicted octanol–water partition coefficient (Wildman–Crippen LogP) is 9.34. The summed E-state index contributed by atoms with van der Waals surface area (Å²) in [5.74, 6) is -5.95. The quantitative estimate of drug-likeness (QED) is 0.0159. The molecule has 15 N–H and O–H groups in total. The van der Waals surface area contributed by atoms with Crippen LogP contribution in [-0.2, 0) is 99.3 Å². The molecule has 2 heterocycles. The van der Waals surface area contributed by atoms with E-state index in [1.807, 2.05) is 135 Å². The van der Waals surface area contributed by atoms with Crippen molar-refractivity contribution in [3.63, 3.8) is 0 Å². The summed E-state index contributed by atoms with van der Waals surface area (Å²) in [4.78, 5) is 230. The molecule has 0 bridgehead atoms. The molecule has 9 rings (SSSR count). The van der Waals surface area contributed by atoms with E-state index in [0.29, 0.717) is 46.1 Å². The third kappa shape index (κ3) is 50.5. The first kappa shape index (κ1) is 123. The number of carboxylic acid groups (broad SMARTS) is 3. The van der Waals surface area contributed by atoms with Crippen molar-refractivity contribution in [1.29, 1.82) is 0 Å². The molecular formula is C97H117N11O26S8. The first-order valence-corrected chi connectivity index (χ1v) is 51.0. The number of primary amides is 2. The number of nitrogens with one attached hydrogen (secondary N) is 8. The summed E-state index contributed by atoms with van der Waals surface area (Å²) in [6, 6.07) is 51.9. The van der Waals surface area contributed by atoms with Gasteiger partial charge in [-0.25, -0.2) is 24.0 Å². The SMILES string of the molecule is C=C1NC(C(=O)SC[C@H](NC(C)=O)C(=O)OCC)CS1.CC(=O)N[C@@H](CSC(=O)OCc1ccccc1)C(=O)O.CC(=O)N[C@@H](CSC(=O)c1ccc(C)cc1)C(=O)O.CC(=O)N[C@@H](CSC(=O)c1ccc(C)cc1)C(N)=O.CC(=O)N[C@@H](CSC(C)(C)c1ccccc1)C(N)=O.COc1ccccc1C(=O)SC[C@H](NC(C)=O)C(=O)O.O=C(SC[C@H]1C(=O)NCC(=O)N1Cc1ccccc1)c1ccccc1. The lowest BCUT2D eigenvalue weighted by molar-refractivity contribution is -0.146. The molecule has 0 aliphatic carbocycles. The molecule has 2 fully saturated rings. The van der Waals surface area contributed by atoms with Gasteiger partial charge in [0.15, 0.2) is 0 Å². The van der Waals surface area contributed by atoms with Gasteiger partial charge in [-0.2, -0.15) is 0 Å². The third-order valence-corrected chi connectivity index (χ3v) is 26.8. The van der Waals surface area contributed by atoms with E-state index in [-0.39, 0.29) is 120 Å². The van der Waals surface area contributed by atoms with Crippen LogP contribution in [0.15, 0.2) is 206 Å². The Morgan fingerprint density at radius 1 is 0.472 bits per heavy atom. The van der Waals surface area contributed by atoms with Gasteiger partial charge in [-0.1, -0.05) is 259 Å². The van der Waals surface area contributed by atoms with Crippen molar-refractivity contribution in [3.8, 4) is 5.75 Å². The van der Waals surface area contributed by atoms with Crippen LogP contribution >= 0.6 is 94.1 Å². The highest BCUT2D eigenvalue weighted by Crippen LogP contribution is 2.36. The number of amides is 10. The zero-order valence-corrected chi connectivity index (χ0v) is 86.4. The molecule has 2 aliphatic heterocycles. The van der Waals surface area contributed by atoms with Gasteiger partial charge in [0.2, 0.25) is 84.6 Å². The number of rotatable bonds is 39. The highest BCUT2D eigenvalue weighted by atomic mass is 32.2. The van der Waals surface area contributed by atoms with Gasteiger partial charge in [0, 0.05) is 116 Å².